The van der Waals surface area contributed by atoms with Crippen LogP contribution in [0.15, 0.2) is 4.99 Å². The van der Waals surface area contributed by atoms with Gasteiger partial charge in [0.1, 0.15) is 5.60 Å². The van der Waals surface area contributed by atoms with Crippen LogP contribution in [0.25, 0.3) is 0 Å². The van der Waals surface area contributed by atoms with Crippen LogP contribution >= 0.6 is 0 Å². The summed E-state index contributed by atoms with van der Waals surface area (Å²) < 4.78 is 0. The van der Waals surface area contributed by atoms with Crippen LogP contribution in [-0.2, 0) is 0 Å². The topological polar surface area (TPSA) is 32.6 Å². The van der Waals surface area contributed by atoms with Gasteiger partial charge in [-0.2, -0.15) is 0 Å². The van der Waals surface area contributed by atoms with Crippen molar-refractivity contribution in [2.24, 2.45) is 4.99 Å². The summed E-state index contributed by atoms with van der Waals surface area (Å²) in [6, 6.07) is 0. The van der Waals surface area contributed by atoms with Crippen LogP contribution in [0.4, 0.5) is 0 Å². The summed E-state index contributed by atoms with van der Waals surface area (Å²) in [4.78, 5) is 4.25. The van der Waals surface area contributed by atoms with E-state index in [9.17, 15) is 5.11 Å². The summed E-state index contributed by atoms with van der Waals surface area (Å²) in [5, 5.41) is 10.1. The molecule has 0 saturated heterocycles. The quantitative estimate of drug-likeness (QED) is 0.777. The molecule has 0 amide bonds. The molecule has 0 aliphatic heterocycles. The normalized spacial score (nSPS) is 16.2. The Morgan fingerprint density at radius 2 is 1.85 bits per heavy atom. The Bertz CT molecular complexity index is 159. The Balaban J connectivity index is 0. The third-order valence-electron chi connectivity index (χ3n) is 2.32. The second-order valence-electron chi connectivity index (χ2n) is 3.19. The summed E-state index contributed by atoms with van der Waals surface area (Å²) in [5.41, 5.74) is 0.236. The van der Waals surface area contributed by atoms with E-state index in [0.29, 0.717) is 0 Å². The number of aliphatic imine (C=N–C) groups is 1. The van der Waals surface area contributed by atoms with Gasteiger partial charge in [0.2, 0.25) is 0 Å². The van der Waals surface area contributed by atoms with Gasteiger partial charge in [0.05, 0.1) is 0 Å². The monoisotopic (exact) mass is 311 g/mol. The molecule has 13 heavy (non-hydrogen) atoms. The molecule has 1 unspecified atom stereocenters. The molecule has 0 bridgehead atoms. The van der Waals surface area contributed by atoms with Gasteiger partial charge in [0.25, 0.3) is 0 Å². The first kappa shape index (κ1) is 16.4. The van der Waals surface area contributed by atoms with Crippen molar-refractivity contribution in [3.05, 3.63) is 0 Å². The van der Waals surface area contributed by atoms with E-state index in [2.05, 4.69) is 11.9 Å². The molecule has 0 aromatic heterocycles. The van der Waals surface area contributed by atoms with Crippen LogP contribution < -0.4 is 0 Å². The second kappa shape index (κ2) is 8.33. The summed E-state index contributed by atoms with van der Waals surface area (Å²) in [6.07, 6.45) is 2.58. The Morgan fingerprint density at radius 3 is 2.15 bits per heavy atom. The molecule has 76 valence electrons. The zero-order chi connectivity index (χ0) is 9.61. The zero-order valence-corrected chi connectivity index (χ0v) is 12.4. The van der Waals surface area contributed by atoms with E-state index in [1.165, 1.54) is 0 Å². The minimum atomic E-state index is -0.648. The SMILES string of the molecule is CCCC(O)(CC)C(C)=NCC.[Ce]. The fourth-order valence-corrected chi connectivity index (χ4v) is 1.41. The maximum atomic E-state index is 10.1. The van der Waals surface area contributed by atoms with Crippen molar-refractivity contribution in [3.8, 4) is 0 Å². The van der Waals surface area contributed by atoms with Crippen molar-refractivity contribution in [3.63, 3.8) is 0 Å². The molecule has 0 saturated carbocycles. The van der Waals surface area contributed by atoms with Crippen molar-refractivity contribution in [2.45, 2.75) is 52.6 Å². The first-order valence-electron chi connectivity index (χ1n) is 4.84. The minimum absolute atomic E-state index is 0. The molecule has 0 fully saturated rings. The maximum Gasteiger partial charge on any atom is 0.102 e. The molecule has 0 aromatic rings. The van der Waals surface area contributed by atoms with E-state index in [4.69, 9.17) is 0 Å². The van der Waals surface area contributed by atoms with Gasteiger partial charge in [-0.1, -0.05) is 20.3 Å². The van der Waals surface area contributed by atoms with Gasteiger partial charge in [-0.15, -0.1) is 0 Å². The number of aliphatic hydroxyl groups is 1. The van der Waals surface area contributed by atoms with Gasteiger partial charge >= 0.3 is 0 Å². The van der Waals surface area contributed by atoms with Crippen molar-refractivity contribution in [2.75, 3.05) is 6.54 Å². The molecule has 0 rings (SSSR count). The molecule has 1 N–H and O–H groups in total. The average Bonchev–Trinajstić information content (AvgIpc) is 2.05. The molecule has 2 nitrogen and oxygen atoms in total. The smallest absolute Gasteiger partial charge is 0.102 e. The fraction of sp³-hybridized carbons (Fsp3) is 0.900. The van der Waals surface area contributed by atoms with Gasteiger partial charge in [-0.05, 0) is 26.7 Å². The molecule has 1 atom stereocenters. The van der Waals surface area contributed by atoms with E-state index < -0.39 is 5.60 Å². The molecule has 0 heterocycles. The van der Waals surface area contributed by atoms with E-state index in [1.807, 2.05) is 20.8 Å². The van der Waals surface area contributed by atoms with Crippen LogP contribution in [0.2, 0.25) is 0 Å². The summed E-state index contributed by atoms with van der Waals surface area (Å²) >= 11 is 0. The predicted octanol–water partition coefficient (Wildman–Crippen LogP) is 2.41. The van der Waals surface area contributed by atoms with Crippen molar-refractivity contribution >= 4 is 5.71 Å². The average molecular weight is 311 g/mol. The Kier molecular flexibility index (Phi) is 10.5. The van der Waals surface area contributed by atoms with Crippen LogP contribution in [0.5, 0.6) is 0 Å². The van der Waals surface area contributed by atoms with Gasteiger partial charge in [-0.3, -0.25) is 4.99 Å². The second-order valence-corrected chi connectivity index (χ2v) is 3.19. The van der Waals surface area contributed by atoms with Crippen molar-refractivity contribution in [1.82, 2.24) is 0 Å². The number of hydrogen-bond donors (Lipinski definition) is 1. The Labute approximate surface area is 116 Å². The van der Waals surface area contributed by atoms with Gasteiger partial charge in [0.15, 0.2) is 0 Å². The predicted molar refractivity (Wildman–Crippen MR) is 53.8 cm³/mol. The molecule has 0 radical (unpaired) electrons. The van der Waals surface area contributed by atoms with E-state index in [-0.39, 0.29) is 41.7 Å². The van der Waals surface area contributed by atoms with Crippen molar-refractivity contribution < 1.29 is 46.9 Å². The molecular weight excluding hydrogens is 290 g/mol. The third-order valence-corrected chi connectivity index (χ3v) is 2.32. The van der Waals surface area contributed by atoms with Crippen LogP contribution in [0.1, 0.15) is 47.0 Å². The van der Waals surface area contributed by atoms with Crippen LogP contribution in [-0.4, -0.2) is 23.0 Å². The van der Waals surface area contributed by atoms with Crippen molar-refractivity contribution in [1.29, 1.82) is 0 Å². The van der Waals surface area contributed by atoms with Gasteiger partial charge in [0, 0.05) is 54.0 Å². The summed E-state index contributed by atoms with van der Waals surface area (Å²) in [5.74, 6) is 0. The summed E-state index contributed by atoms with van der Waals surface area (Å²) in [7, 11) is 0. The Hall–Kier alpha value is 1.01. The van der Waals surface area contributed by atoms with Gasteiger partial charge in [-0.25, -0.2) is 0 Å². The molecule has 0 aliphatic carbocycles. The minimum Gasteiger partial charge on any atom is -0.384 e. The standard InChI is InChI=1S/C10H21NO.Ce/c1-5-8-10(12,6-2)9(4)11-7-3;/h12H,5-8H2,1-4H3;. The first-order chi connectivity index (χ1) is 5.60. The third kappa shape index (κ3) is 5.45. The molecule has 3 heteroatoms. The Morgan fingerprint density at radius 1 is 1.31 bits per heavy atom. The molecule has 0 aromatic carbocycles. The first-order valence-corrected chi connectivity index (χ1v) is 4.84. The summed E-state index contributed by atoms with van der Waals surface area (Å²) in [6.45, 7) is 8.76. The van der Waals surface area contributed by atoms with Crippen LogP contribution in [0.3, 0.4) is 0 Å². The number of nitrogens with zero attached hydrogens (tertiary/aromatic N) is 1. The van der Waals surface area contributed by atoms with E-state index in [0.717, 1.165) is 31.5 Å². The van der Waals surface area contributed by atoms with Crippen LogP contribution in [0, 0.1) is 41.7 Å². The van der Waals surface area contributed by atoms with Gasteiger partial charge < -0.3 is 5.11 Å². The largest absolute Gasteiger partial charge is 0.384 e. The number of hydrogen-bond acceptors (Lipinski definition) is 2. The maximum absolute atomic E-state index is 10.1. The fourth-order valence-electron chi connectivity index (χ4n) is 1.41. The molecule has 0 spiro atoms. The van der Waals surface area contributed by atoms with E-state index >= 15 is 0 Å². The number of rotatable bonds is 5. The zero-order valence-electron chi connectivity index (χ0n) is 9.22. The molecular formula is C10H21CeNO. The van der Waals surface area contributed by atoms with E-state index in [1.54, 1.807) is 0 Å². The molecule has 0 aliphatic rings.